The smallest absolute Gasteiger partial charge is 0.322 e. The lowest BCUT2D eigenvalue weighted by Crippen LogP contribution is -2.45. The van der Waals surface area contributed by atoms with Gasteiger partial charge >= 0.3 is 12.1 Å². The number of anilines is 1. The highest BCUT2D eigenvalue weighted by molar-refractivity contribution is 7.94. The second-order valence-corrected chi connectivity index (χ2v) is 9.42. The van der Waals surface area contributed by atoms with Crippen LogP contribution < -0.4 is 15.4 Å². The topological polar surface area (TPSA) is 108 Å². The molecule has 10 heteroatoms. The van der Waals surface area contributed by atoms with Gasteiger partial charge in [-0.2, -0.15) is 0 Å². The highest BCUT2D eigenvalue weighted by atomic mass is 35.5. The van der Waals surface area contributed by atoms with E-state index in [1.165, 1.54) is 11.9 Å². The molecule has 0 unspecified atom stereocenters. The molecule has 1 heterocycles. The molecule has 0 spiro atoms. The van der Waals surface area contributed by atoms with Gasteiger partial charge in [-0.3, -0.25) is 0 Å². The first-order chi connectivity index (χ1) is 12.9. The maximum Gasteiger partial charge on any atom is 0.333 e. The van der Waals surface area contributed by atoms with Crippen LogP contribution in [0, 0.1) is 0 Å². The highest BCUT2D eigenvalue weighted by Gasteiger charge is 2.27. The largest absolute Gasteiger partial charge is 0.333 e. The number of hydrogen-bond donors (Lipinski definition) is 3. The second-order valence-electron chi connectivity index (χ2n) is 7.24. The number of hydrogen-bond acceptors (Lipinski definition) is 4. The van der Waals surface area contributed by atoms with E-state index in [4.69, 9.17) is 11.6 Å². The Kier molecular flexibility index (Phi) is 6.61. The zero-order valence-corrected chi connectivity index (χ0v) is 18.0. The molecule has 0 aliphatic carbocycles. The molecule has 1 aliphatic heterocycles. The molecule has 1 aromatic rings. The molecule has 28 heavy (non-hydrogen) atoms. The average molecular weight is 429 g/mol. The summed E-state index contributed by atoms with van der Waals surface area (Å²) in [6.07, 6.45) is 1.08. The van der Waals surface area contributed by atoms with Gasteiger partial charge in [-0.05, 0) is 35.1 Å². The predicted molar refractivity (Wildman–Crippen MR) is 110 cm³/mol. The third-order valence-electron chi connectivity index (χ3n) is 4.32. The van der Waals surface area contributed by atoms with Crippen molar-refractivity contribution in [3.05, 3.63) is 39.4 Å². The van der Waals surface area contributed by atoms with Crippen LogP contribution >= 0.6 is 11.6 Å². The van der Waals surface area contributed by atoms with Crippen molar-refractivity contribution in [1.82, 2.24) is 14.9 Å². The maximum atomic E-state index is 12.5. The third-order valence-corrected chi connectivity index (χ3v) is 5.92. The number of halogens is 1. The molecular weight excluding hydrogens is 404 g/mol. The number of benzene rings is 1. The minimum atomic E-state index is -4.12. The Hall–Kier alpha value is -2.26. The summed E-state index contributed by atoms with van der Waals surface area (Å²) in [6, 6.07) is 2.21. The monoisotopic (exact) mass is 428 g/mol. The molecule has 4 amide bonds. The van der Waals surface area contributed by atoms with Crippen LogP contribution in [-0.4, -0.2) is 39.0 Å². The number of rotatable bonds is 5. The van der Waals surface area contributed by atoms with Crippen LogP contribution in [0.25, 0.3) is 0 Å². The summed E-state index contributed by atoms with van der Waals surface area (Å²) in [7, 11) is -2.66. The van der Waals surface area contributed by atoms with Crippen molar-refractivity contribution in [2.24, 2.45) is 0 Å². The van der Waals surface area contributed by atoms with Gasteiger partial charge in [0.15, 0.2) is 0 Å². The summed E-state index contributed by atoms with van der Waals surface area (Å²) in [5.74, 6) is 0.126. The number of amides is 4. The molecule has 2 rings (SSSR count). The summed E-state index contributed by atoms with van der Waals surface area (Å²) >= 11 is 6.21. The number of nitrogens with one attached hydrogen (secondary N) is 3. The van der Waals surface area contributed by atoms with E-state index in [1.54, 1.807) is 12.1 Å². The molecule has 0 saturated heterocycles. The molecule has 0 fully saturated rings. The minimum absolute atomic E-state index is 0.0630. The van der Waals surface area contributed by atoms with Gasteiger partial charge in [-0.15, -0.1) is 0 Å². The normalized spacial score (nSPS) is 14.8. The van der Waals surface area contributed by atoms with Gasteiger partial charge in [0.1, 0.15) is 4.91 Å². The number of carbonyl (C=O) groups is 2. The van der Waals surface area contributed by atoms with Gasteiger partial charge in [-0.1, -0.05) is 39.3 Å². The fourth-order valence-electron chi connectivity index (χ4n) is 2.80. The van der Waals surface area contributed by atoms with Gasteiger partial charge in [0.25, 0.3) is 10.0 Å². The van der Waals surface area contributed by atoms with E-state index in [1.807, 2.05) is 32.4 Å². The van der Waals surface area contributed by atoms with Crippen molar-refractivity contribution in [3.8, 4) is 0 Å². The van der Waals surface area contributed by atoms with Gasteiger partial charge in [0, 0.05) is 24.0 Å². The molecule has 1 aliphatic rings. The standard InChI is InChI=1S/C18H25ClN4O4S/c1-10(2)14-6-12(19)7-15(11(3)4)16(14)21-17(24)22-28(26,27)13-8-20-18(25)23(5)9-13/h6-8,10-11H,9H2,1-5H3,(H,20,25)(H2,21,22,24). The van der Waals surface area contributed by atoms with Crippen molar-refractivity contribution in [1.29, 1.82) is 0 Å². The fourth-order valence-corrected chi connectivity index (χ4v) is 4.04. The molecule has 0 bridgehead atoms. The molecule has 0 atom stereocenters. The molecule has 0 saturated carbocycles. The number of likely N-dealkylation sites (N-methyl/N-ethyl adjacent to an activating group) is 1. The van der Waals surface area contributed by atoms with Crippen LogP contribution in [0.1, 0.15) is 50.7 Å². The minimum Gasteiger partial charge on any atom is -0.322 e. The Labute approximate surface area is 170 Å². The lowest BCUT2D eigenvalue weighted by molar-refractivity contribution is 0.214. The van der Waals surface area contributed by atoms with Crippen molar-refractivity contribution >= 4 is 39.4 Å². The first-order valence-corrected chi connectivity index (χ1v) is 10.7. The van der Waals surface area contributed by atoms with E-state index in [-0.39, 0.29) is 23.3 Å². The van der Waals surface area contributed by atoms with Crippen LogP contribution in [0.4, 0.5) is 15.3 Å². The third kappa shape index (κ3) is 4.96. The maximum absolute atomic E-state index is 12.5. The first kappa shape index (κ1) is 22.0. The van der Waals surface area contributed by atoms with E-state index < -0.39 is 22.1 Å². The van der Waals surface area contributed by atoms with Crippen molar-refractivity contribution in [2.45, 2.75) is 39.5 Å². The Bertz CT molecular complexity index is 897. The van der Waals surface area contributed by atoms with Crippen LogP contribution in [0.15, 0.2) is 23.2 Å². The van der Waals surface area contributed by atoms with Gasteiger partial charge in [0.2, 0.25) is 0 Å². The van der Waals surface area contributed by atoms with Crippen LogP contribution in [0.3, 0.4) is 0 Å². The molecule has 3 N–H and O–H groups in total. The molecule has 154 valence electrons. The number of sulfonamides is 1. The first-order valence-electron chi connectivity index (χ1n) is 8.80. The quantitative estimate of drug-likeness (QED) is 0.666. The summed E-state index contributed by atoms with van der Waals surface area (Å²) in [4.78, 5) is 25.0. The average Bonchev–Trinajstić information content (AvgIpc) is 2.57. The highest BCUT2D eigenvalue weighted by Crippen LogP contribution is 2.35. The van der Waals surface area contributed by atoms with Crippen LogP contribution in [-0.2, 0) is 10.0 Å². The van der Waals surface area contributed by atoms with E-state index in [0.717, 1.165) is 17.3 Å². The van der Waals surface area contributed by atoms with E-state index in [0.29, 0.717) is 10.7 Å². The zero-order chi connectivity index (χ0) is 21.2. The zero-order valence-electron chi connectivity index (χ0n) is 16.5. The molecule has 0 aromatic heterocycles. The predicted octanol–water partition coefficient (Wildman–Crippen LogP) is 3.53. The van der Waals surface area contributed by atoms with Gasteiger partial charge in [0.05, 0.1) is 6.54 Å². The summed E-state index contributed by atoms with van der Waals surface area (Å²) in [5.41, 5.74) is 2.17. The van der Waals surface area contributed by atoms with E-state index in [2.05, 4.69) is 10.6 Å². The van der Waals surface area contributed by atoms with E-state index >= 15 is 0 Å². The number of urea groups is 2. The summed E-state index contributed by atoms with van der Waals surface area (Å²) in [6.45, 7) is 7.70. The lowest BCUT2D eigenvalue weighted by atomic mass is 9.92. The Balaban J connectivity index is 2.29. The van der Waals surface area contributed by atoms with E-state index in [9.17, 15) is 18.0 Å². The second kappa shape index (κ2) is 8.40. The lowest BCUT2D eigenvalue weighted by Gasteiger charge is -2.24. The number of nitrogens with zero attached hydrogens (tertiary/aromatic N) is 1. The SMILES string of the molecule is CC(C)c1cc(Cl)cc(C(C)C)c1NC(=O)NS(=O)(=O)C1=CNC(=O)N(C)C1. The molecular formula is C18H25ClN4O4S. The summed E-state index contributed by atoms with van der Waals surface area (Å²) in [5, 5.41) is 5.55. The summed E-state index contributed by atoms with van der Waals surface area (Å²) < 4.78 is 27.0. The molecule has 1 aromatic carbocycles. The Morgan fingerprint density at radius 3 is 2.18 bits per heavy atom. The number of carbonyl (C=O) groups excluding carboxylic acids is 2. The van der Waals surface area contributed by atoms with Crippen LogP contribution in [0.5, 0.6) is 0 Å². The molecule has 0 radical (unpaired) electrons. The van der Waals surface area contributed by atoms with Gasteiger partial charge in [-0.25, -0.2) is 22.7 Å². The Morgan fingerprint density at radius 1 is 1.18 bits per heavy atom. The fraction of sp³-hybridized carbons (Fsp3) is 0.444. The molecule has 8 nitrogen and oxygen atoms in total. The Morgan fingerprint density at radius 2 is 1.71 bits per heavy atom. The van der Waals surface area contributed by atoms with Gasteiger partial charge < -0.3 is 15.5 Å². The van der Waals surface area contributed by atoms with Crippen LogP contribution in [0.2, 0.25) is 5.02 Å². The van der Waals surface area contributed by atoms with Crippen molar-refractivity contribution in [2.75, 3.05) is 18.9 Å². The van der Waals surface area contributed by atoms with Crippen molar-refractivity contribution < 1.29 is 18.0 Å². The van der Waals surface area contributed by atoms with Crippen molar-refractivity contribution in [3.63, 3.8) is 0 Å².